The van der Waals surface area contributed by atoms with Crippen LogP contribution in [0.25, 0.3) is 72.4 Å². The molecule has 0 saturated heterocycles. The predicted octanol–water partition coefficient (Wildman–Crippen LogP) is 9.34. The molecule has 5 aromatic carbocycles. The first-order valence-electron chi connectivity index (χ1n) is 14.4. The largest absolute Gasteiger partial charge is 0.437 e. The van der Waals surface area contributed by atoms with Gasteiger partial charge in [-0.15, -0.1) is 0 Å². The number of hydrogen-bond donors (Lipinski definition) is 0. The normalized spacial score (nSPS) is 11.6. The molecule has 3 heterocycles. The monoisotopic (exact) mass is 578 g/mol. The predicted molar refractivity (Wildman–Crippen MR) is 170 cm³/mol. The molecule has 6 heteroatoms. The summed E-state index contributed by atoms with van der Waals surface area (Å²) in [6, 6.07) is 40.2. The summed E-state index contributed by atoms with van der Waals surface area (Å²) >= 11 is 0. The van der Waals surface area contributed by atoms with Crippen LogP contribution >= 0.6 is 0 Å². The Kier molecular flexibility index (Phi) is 5.91. The van der Waals surface area contributed by atoms with Crippen LogP contribution in [-0.4, -0.2) is 9.55 Å². The van der Waals surface area contributed by atoms with E-state index in [0.29, 0.717) is 11.0 Å². The van der Waals surface area contributed by atoms with Crippen molar-refractivity contribution in [2.45, 2.75) is 6.92 Å². The molecular weight excluding hydrogens is 552 g/mol. The quantitative estimate of drug-likeness (QED) is 0.154. The Labute approximate surface area is 252 Å². The van der Waals surface area contributed by atoms with Crippen LogP contribution < -0.4 is 4.57 Å². The van der Waals surface area contributed by atoms with Crippen molar-refractivity contribution in [1.82, 2.24) is 9.55 Å². The van der Waals surface area contributed by atoms with Gasteiger partial charge in [-0.3, -0.25) is 0 Å². The highest BCUT2D eigenvalue weighted by Crippen LogP contribution is 2.41. The van der Waals surface area contributed by atoms with Gasteiger partial charge < -0.3 is 4.42 Å². The van der Waals surface area contributed by atoms with Crippen molar-refractivity contribution in [3.8, 4) is 39.3 Å². The standard InChI is InChI=1S/C38H26F2N3O/c1-23-20-29-33(44-37-35(29)30(39)22-34(40)41-37)21-28(23)38-42(2)31-18-9-10-19-32(31)43(38)36-26(24-12-5-3-6-13-24)16-11-17-27(36)25-14-7-4-8-15-25/h3-22H,1-2H3/q+1. The first kappa shape index (κ1) is 26.0. The Bertz CT molecular complexity index is 2320. The lowest BCUT2D eigenvalue weighted by Gasteiger charge is -2.15. The Morgan fingerprint density at radius 2 is 1.34 bits per heavy atom. The van der Waals surface area contributed by atoms with E-state index in [-0.39, 0.29) is 11.1 Å². The van der Waals surface area contributed by atoms with Crippen molar-refractivity contribution < 1.29 is 17.8 Å². The van der Waals surface area contributed by atoms with Gasteiger partial charge in [0.15, 0.2) is 11.0 Å². The van der Waals surface area contributed by atoms with Crippen LogP contribution in [0.1, 0.15) is 5.56 Å². The number of aromatic nitrogens is 3. The summed E-state index contributed by atoms with van der Waals surface area (Å²) < 4.78 is 39.4. The molecule has 0 amide bonds. The summed E-state index contributed by atoms with van der Waals surface area (Å²) in [6.45, 7) is 2.01. The lowest BCUT2D eigenvalue weighted by atomic mass is 9.95. The Morgan fingerprint density at radius 1 is 0.705 bits per heavy atom. The highest BCUT2D eigenvalue weighted by atomic mass is 19.1. The van der Waals surface area contributed by atoms with Gasteiger partial charge in [0.2, 0.25) is 11.7 Å². The van der Waals surface area contributed by atoms with E-state index in [2.05, 4.69) is 100 Å². The minimum Gasteiger partial charge on any atom is -0.437 e. The molecule has 8 aromatic rings. The van der Waals surface area contributed by atoms with E-state index < -0.39 is 11.8 Å². The van der Waals surface area contributed by atoms with Gasteiger partial charge in [-0.25, -0.2) is 8.96 Å². The molecule has 0 spiro atoms. The zero-order valence-corrected chi connectivity index (χ0v) is 24.1. The summed E-state index contributed by atoms with van der Waals surface area (Å²) in [7, 11) is 2.06. The Balaban J connectivity index is 1.51. The van der Waals surface area contributed by atoms with Crippen LogP contribution in [0.5, 0.6) is 0 Å². The van der Waals surface area contributed by atoms with Crippen LogP contribution in [0.4, 0.5) is 8.78 Å². The molecule has 0 radical (unpaired) electrons. The highest BCUT2D eigenvalue weighted by molar-refractivity contribution is 6.05. The Hall–Kier alpha value is -5.62. The van der Waals surface area contributed by atoms with E-state index in [1.165, 1.54) is 0 Å². The topological polar surface area (TPSA) is 34.8 Å². The van der Waals surface area contributed by atoms with Gasteiger partial charge >= 0.3 is 0 Å². The molecule has 0 N–H and O–H groups in total. The maximum absolute atomic E-state index is 14.9. The van der Waals surface area contributed by atoms with E-state index in [1.54, 1.807) is 0 Å². The summed E-state index contributed by atoms with van der Waals surface area (Å²) in [4.78, 5) is 3.83. The second-order valence-electron chi connectivity index (χ2n) is 11.0. The molecule has 44 heavy (non-hydrogen) atoms. The minimum atomic E-state index is -0.913. The molecule has 8 rings (SSSR count). The van der Waals surface area contributed by atoms with Crippen LogP contribution in [-0.2, 0) is 7.05 Å². The maximum atomic E-state index is 14.9. The number of para-hydroxylation sites is 3. The molecule has 0 fully saturated rings. The molecule has 0 saturated carbocycles. The fourth-order valence-corrected chi connectivity index (χ4v) is 6.42. The fraction of sp³-hybridized carbons (Fsp3) is 0.0526. The van der Waals surface area contributed by atoms with Crippen LogP contribution in [0.2, 0.25) is 0 Å². The fourth-order valence-electron chi connectivity index (χ4n) is 6.42. The van der Waals surface area contributed by atoms with Crippen molar-refractivity contribution in [3.63, 3.8) is 0 Å². The van der Waals surface area contributed by atoms with Gasteiger partial charge in [0, 0.05) is 22.6 Å². The van der Waals surface area contributed by atoms with Gasteiger partial charge in [0.25, 0.3) is 5.82 Å². The van der Waals surface area contributed by atoms with E-state index in [1.807, 2.05) is 43.3 Å². The van der Waals surface area contributed by atoms with Crippen LogP contribution in [0.3, 0.4) is 0 Å². The molecule has 0 unspecified atom stereocenters. The number of furan rings is 1. The third-order valence-electron chi connectivity index (χ3n) is 8.39. The number of fused-ring (bicyclic) bond motifs is 4. The molecule has 0 aliphatic heterocycles. The van der Waals surface area contributed by atoms with Crippen molar-refractivity contribution in [2.75, 3.05) is 0 Å². The van der Waals surface area contributed by atoms with Crippen molar-refractivity contribution in [1.29, 1.82) is 0 Å². The van der Waals surface area contributed by atoms with Gasteiger partial charge in [0.1, 0.15) is 17.1 Å². The average molecular weight is 579 g/mol. The van der Waals surface area contributed by atoms with Crippen LogP contribution in [0, 0.1) is 18.7 Å². The number of nitrogens with zero attached hydrogens (tertiary/aromatic N) is 3. The number of halogens is 2. The van der Waals surface area contributed by atoms with Crippen molar-refractivity contribution >= 4 is 33.1 Å². The van der Waals surface area contributed by atoms with Crippen molar-refractivity contribution in [3.05, 3.63) is 139 Å². The first-order valence-corrected chi connectivity index (χ1v) is 14.4. The summed E-state index contributed by atoms with van der Waals surface area (Å²) in [5.74, 6) is -0.683. The number of rotatable bonds is 4. The van der Waals surface area contributed by atoms with Crippen LogP contribution in [0.15, 0.2) is 126 Å². The Morgan fingerprint density at radius 3 is 2.02 bits per heavy atom. The van der Waals surface area contributed by atoms with Gasteiger partial charge in [-0.05, 0) is 47.9 Å². The minimum absolute atomic E-state index is 0.0558. The number of imidazole rings is 1. The highest BCUT2D eigenvalue weighted by Gasteiger charge is 2.31. The van der Waals surface area contributed by atoms with E-state index in [0.717, 1.165) is 62.0 Å². The summed E-state index contributed by atoms with van der Waals surface area (Å²) in [5.41, 5.74) is 9.68. The number of aryl methyl sites for hydroxylation is 2. The molecule has 212 valence electrons. The number of benzene rings is 5. The zero-order chi connectivity index (χ0) is 29.9. The molecular formula is C38H26F2N3O+. The van der Waals surface area contributed by atoms with Gasteiger partial charge in [0.05, 0.1) is 18.0 Å². The third kappa shape index (κ3) is 3.95. The molecule has 0 atom stereocenters. The van der Waals surface area contributed by atoms with E-state index in [4.69, 9.17) is 4.42 Å². The van der Waals surface area contributed by atoms with E-state index >= 15 is 0 Å². The second kappa shape index (κ2) is 9.99. The number of hydrogen-bond acceptors (Lipinski definition) is 2. The molecule has 3 aromatic heterocycles. The van der Waals surface area contributed by atoms with Gasteiger partial charge in [-0.2, -0.15) is 13.9 Å². The van der Waals surface area contributed by atoms with Crippen molar-refractivity contribution in [2.24, 2.45) is 7.05 Å². The summed E-state index contributed by atoms with van der Waals surface area (Å²) in [6.07, 6.45) is 0. The number of pyridine rings is 1. The second-order valence-corrected chi connectivity index (χ2v) is 11.0. The third-order valence-corrected chi connectivity index (χ3v) is 8.39. The molecule has 0 aliphatic rings. The average Bonchev–Trinajstić information content (AvgIpc) is 3.55. The van der Waals surface area contributed by atoms with Gasteiger partial charge in [-0.1, -0.05) is 91.0 Å². The summed E-state index contributed by atoms with van der Waals surface area (Å²) in [5, 5.41) is 0.744. The maximum Gasteiger partial charge on any atom is 0.295 e. The first-order chi connectivity index (χ1) is 21.5. The lowest BCUT2D eigenvalue weighted by molar-refractivity contribution is -0.633. The molecule has 0 bridgehead atoms. The molecule has 0 aliphatic carbocycles. The SMILES string of the molecule is Cc1cc2c(cc1-c1n(-c3c(-c4ccccc4)cccc3-c3ccccc3)c3ccccc3[n+]1C)oc1nc(F)cc(F)c12. The zero-order valence-electron chi connectivity index (χ0n) is 24.1. The smallest absolute Gasteiger partial charge is 0.295 e. The van der Waals surface area contributed by atoms with E-state index in [9.17, 15) is 8.78 Å². The molecule has 4 nitrogen and oxygen atoms in total. The lowest BCUT2D eigenvalue weighted by Crippen LogP contribution is -2.30.